The number of esters is 1. The molecule has 0 heterocycles. The van der Waals surface area contributed by atoms with Gasteiger partial charge in [0.1, 0.15) is 0 Å². The zero-order valence-corrected chi connectivity index (χ0v) is 17.4. The first-order valence-electron chi connectivity index (χ1n) is 9.21. The first-order valence-corrected chi connectivity index (χ1v) is 9.21. The van der Waals surface area contributed by atoms with Crippen LogP contribution in [0, 0.1) is 11.3 Å². The van der Waals surface area contributed by atoms with E-state index in [9.17, 15) is 9.59 Å². The molecule has 0 fully saturated rings. The first-order chi connectivity index (χ1) is 14.4. The lowest BCUT2D eigenvalue weighted by atomic mass is 10.1. The first kappa shape index (κ1) is 22.6. The molecule has 0 aromatic heterocycles. The predicted octanol–water partition coefficient (Wildman–Crippen LogP) is 3.09. The minimum Gasteiger partial charge on any atom is -0.493 e. The second-order valence-electron chi connectivity index (χ2n) is 6.34. The van der Waals surface area contributed by atoms with E-state index in [-0.39, 0.29) is 6.42 Å². The SMILES string of the molecule is COc1cc(CCC(=O)O[C@H](C)C(=O)Nc2ccc(C#N)cc2)cc(OC)c1OC. The van der Waals surface area contributed by atoms with Gasteiger partial charge >= 0.3 is 5.97 Å². The maximum Gasteiger partial charge on any atom is 0.306 e. The van der Waals surface area contributed by atoms with Crippen molar-refractivity contribution < 1.29 is 28.5 Å². The van der Waals surface area contributed by atoms with Gasteiger partial charge in [0.2, 0.25) is 5.75 Å². The topological polar surface area (TPSA) is 107 Å². The largest absolute Gasteiger partial charge is 0.493 e. The summed E-state index contributed by atoms with van der Waals surface area (Å²) < 4.78 is 21.1. The van der Waals surface area contributed by atoms with E-state index < -0.39 is 18.0 Å². The van der Waals surface area contributed by atoms with E-state index in [2.05, 4.69) is 5.32 Å². The molecule has 1 atom stereocenters. The van der Waals surface area contributed by atoms with Gasteiger partial charge in [0, 0.05) is 12.1 Å². The van der Waals surface area contributed by atoms with Crippen LogP contribution in [0.3, 0.4) is 0 Å². The summed E-state index contributed by atoms with van der Waals surface area (Å²) in [4.78, 5) is 24.4. The van der Waals surface area contributed by atoms with Crippen LogP contribution in [-0.2, 0) is 20.7 Å². The summed E-state index contributed by atoms with van der Waals surface area (Å²) in [6, 6.07) is 11.9. The third-order valence-corrected chi connectivity index (χ3v) is 4.30. The van der Waals surface area contributed by atoms with Gasteiger partial charge in [-0.15, -0.1) is 0 Å². The Labute approximate surface area is 175 Å². The van der Waals surface area contributed by atoms with E-state index >= 15 is 0 Å². The van der Waals surface area contributed by atoms with Crippen molar-refractivity contribution >= 4 is 17.6 Å². The molecule has 0 bridgehead atoms. The van der Waals surface area contributed by atoms with Crippen LogP contribution in [-0.4, -0.2) is 39.3 Å². The fourth-order valence-electron chi connectivity index (χ4n) is 2.71. The number of aryl methyl sites for hydroxylation is 1. The number of rotatable bonds is 9. The van der Waals surface area contributed by atoms with Crippen molar-refractivity contribution in [3.05, 3.63) is 47.5 Å². The molecular formula is C22H24N2O6. The molecule has 0 aliphatic heterocycles. The van der Waals surface area contributed by atoms with Gasteiger partial charge in [-0.2, -0.15) is 5.26 Å². The quantitative estimate of drug-likeness (QED) is 0.631. The number of carbonyl (C=O) groups is 2. The third kappa shape index (κ3) is 5.88. The lowest BCUT2D eigenvalue weighted by Gasteiger charge is -2.15. The molecule has 1 N–H and O–H groups in total. The summed E-state index contributed by atoms with van der Waals surface area (Å²) in [7, 11) is 4.55. The molecule has 0 saturated carbocycles. The third-order valence-electron chi connectivity index (χ3n) is 4.30. The minimum absolute atomic E-state index is 0.0765. The number of anilines is 1. The molecule has 0 spiro atoms. The molecular weight excluding hydrogens is 388 g/mol. The molecule has 8 nitrogen and oxygen atoms in total. The Hall–Kier alpha value is -3.73. The lowest BCUT2D eigenvalue weighted by molar-refractivity contribution is -0.153. The normalized spacial score (nSPS) is 11.0. The highest BCUT2D eigenvalue weighted by atomic mass is 16.5. The van der Waals surface area contributed by atoms with Crippen LogP contribution in [0.1, 0.15) is 24.5 Å². The highest BCUT2D eigenvalue weighted by molar-refractivity contribution is 5.95. The van der Waals surface area contributed by atoms with Crippen LogP contribution in [0.2, 0.25) is 0 Å². The summed E-state index contributed by atoms with van der Waals surface area (Å²) in [5.41, 5.74) is 1.80. The Bertz CT molecular complexity index is 909. The summed E-state index contributed by atoms with van der Waals surface area (Å²) in [6.45, 7) is 1.50. The van der Waals surface area contributed by atoms with Gasteiger partial charge in [0.25, 0.3) is 5.91 Å². The Balaban J connectivity index is 1.92. The van der Waals surface area contributed by atoms with Crippen LogP contribution in [0.5, 0.6) is 17.2 Å². The van der Waals surface area contributed by atoms with Gasteiger partial charge in [-0.3, -0.25) is 9.59 Å². The van der Waals surface area contributed by atoms with Gasteiger partial charge in [-0.1, -0.05) is 0 Å². The second-order valence-corrected chi connectivity index (χ2v) is 6.34. The summed E-state index contributed by atoms with van der Waals surface area (Å²) >= 11 is 0. The summed E-state index contributed by atoms with van der Waals surface area (Å²) in [6.07, 6.45) is -0.514. The highest BCUT2D eigenvalue weighted by Gasteiger charge is 2.19. The Morgan fingerprint density at radius 2 is 1.63 bits per heavy atom. The average molecular weight is 412 g/mol. The number of nitriles is 1. The van der Waals surface area contributed by atoms with Crippen LogP contribution >= 0.6 is 0 Å². The molecule has 1 amide bonds. The molecule has 0 radical (unpaired) electrons. The van der Waals surface area contributed by atoms with E-state index in [4.69, 9.17) is 24.2 Å². The van der Waals surface area contributed by atoms with Crippen LogP contribution in [0.4, 0.5) is 5.69 Å². The molecule has 2 aromatic rings. The van der Waals surface area contributed by atoms with Gasteiger partial charge in [-0.25, -0.2) is 0 Å². The van der Waals surface area contributed by atoms with Gasteiger partial charge < -0.3 is 24.3 Å². The van der Waals surface area contributed by atoms with Crippen molar-refractivity contribution in [2.75, 3.05) is 26.6 Å². The zero-order valence-electron chi connectivity index (χ0n) is 17.4. The lowest BCUT2D eigenvalue weighted by Crippen LogP contribution is -2.30. The summed E-state index contributed by atoms with van der Waals surface area (Å²) in [5.74, 6) is 0.497. The smallest absolute Gasteiger partial charge is 0.306 e. The Kier molecular flexibility index (Phi) is 8.06. The van der Waals surface area contributed by atoms with Crippen LogP contribution in [0.25, 0.3) is 0 Å². The van der Waals surface area contributed by atoms with Gasteiger partial charge in [-0.05, 0) is 55.3 Å². The molecule has 2 aromatic carbocycles. The summed E-state index contributed by atoms with van der Waals surface area (Å²) in [5, 5.41) is 11.4. The predicted molar refractivity (Wildman–Crippen MR) is 110 cm³/mol. The van der Waals surface area contributed by atoms with Crippen LogP contribution in [0.15, 0.2) is 36.4 Å². The number of amides is 1. The number of nitrogens with zero attached hydrogens (tertiary/aromatic N) is 1. The molecule has 30 heavy (non-hydrogen) atoms. The van der Waals surface area contributed by atoms with Crippen molar-refractivity contribution in [3.63, 3.8) is 0 Å². The monoisotopic (exact) mass is 412 g/mol. The number of methoxy groups -OCH3 is 3. The van der Waals surface area contributed by atoms with Crippen molar-refractivity contribution in [1.82, 2.24) is 0 Å². The van der Waals surface area contributed by atoms with E-state index in [0.29, 0.717) is 34.9 Å². The standard InChI is InChI=1S/C22H24N2O6/c1-14(22(26)24-17-8-5-15(13-23)6-9-17)30-20(25)10-7-16-11-18(27-2)21(29-4)19(12-16)28-3/h5-6,8-9,11-12,14H,7,10H2,1-4H3,(H,24,26)/t14-/m1/s1. The molecule has 0 aliphatic carbocycles. The molecule has 2 rings (SSSR count). The molecule has 0 unspecified atom stereocenters. The number of ether oxygens (including phenoxy) is 4. The fourth-order valence-corrected chi connectivity index (χ4v) is 2.71. The van der Waals surface area contributed by atoms with Crippen molar-refractivity contribution in [2.45, 2.75) is 25.9 Å². The van der Waals surface area contributed by atoms with Crippen molar-refractivity contribution in [2.24, 2.45) is 0 Å². The zero-order chi connectivity index (χ0) is 22.1. The molecule has 0 saturated heterocycles. The van der Waals surface area contributed by atoms with Crippen molar-refractivity contribution in [1.29, 1.82) is 5.26 Å². The van der Waals surface area contributed by atoms with E-state index in [1.807, 2.05) is 6.07 Å². The maximum atomic E-state index is 12.2. The average Bonchev–Trinajstić information content (AvgIpc) is 2.77. The molecule has 8 heteroatoms. The number of nitrogens with one attached hydrogen (secondary N) is 1. The Morgan fingerprint density at radius 1 is 1.03 bits per heavy atom. The van der Waals surface area contributed by atoms with Crippen molar-refractivity contribution in [3.8, 4) is 23.3 Å². The maximum absolute atomic E-state index is 12.2. The van der Waals surface area contributed by atoms with E-state index in [0.717, 1.165) is 5.56 Å². The second kappa shape index (κ2) is 10.7. The molecule has 158 valence electrons. The van der Waals surface area contributed by atoms with E-state index in [1.165, 1.54) is 28.3 Å². The van der Waals surface area contributed by atoms with Crippen LogP contribution < -0.4 is 19.5 Å². The minimum atomic E-state index is -0.965. The van der Waals surface area contributed by atoms with E-state index in [1.54, 1.807) is 36.4 Å². The molecule has 0 aliphatic rings. The number of hydrogen-bond donors (Lipinski definition) is 1. The fraction of sp³-hybridized carbons (Fsp3) is 0.318. The van der Waals surface area contributed by atoms with Gasteiger partial charge in [0.05, 0.1) is 33.0 Å². The number of benzene rings is 2. The Morgan fingerprint density at radius 3 is 2.13 bits per heavy atom. The number of hydrogen-bond acceptors (Lipinski definition) is 7. The highest BCUT2D eigenvalue weighted by Crippen LogP contribution is 2.38. The number of carbonyl (C=O) groups excluding carboxylic acids is 2. The van der Waals surface area contributed by atoms with Gasteiger partial charge in [0.15, 0.2) is 17.6 Å².